The molecule has 3 aliphatic rings. The summed E-state index contributed by atoms with van der Waals surface area (Å²) in [5, 5.41) is 13.2. The molecule has 3 heterocycles. The molecule has 0 spiro atoms. The lowest BCUT2D eigenvalue weighted by atomic mass is 9.87. The van der Waals surface area contributed by atoms with Gasteiger partial charge in [0.1, 0.15) is 17.2 Å². The second-order valence-corrected chi connectivity index (χ2v) is 10.5. The monoisotopic (exact) mass is 564 g/mol. The highest BCUT2D eigenvalue weighted by Gasteiger charge is 2.34. The Morgan fingerprint density at radius 3 is 2.71 bits per heavy atom. The molecule has 8 nitrogen and oxygen atoms in total. The molecule has 8 bridgehead atoms. The number of methoxy groups -OCH3 is 1. The first kappa shape index (κ1) is 27.2. The molecule has 3 aliphatic heterocycles. The van der Waals surface area contributed by atoms with E-state index < -0.39 is 5.91 Å². The Balaban J connectivity index is 1.49. The van der Waals surface area contributed by atoms with Gasteiger partial charge in [0, 0.05) is 18.7 Å². The summed E-state index contributed by atoms with van der Waals surface area (Å²) < 4.78 is 18.1. The molecule has 7 rings (SSSR count). The second kappa shape index (κ2) is 11.5. The Bertz CT molecular complexity index is 1670. The first-order chi connectivity index (χ1) is 20.4. The van der Waals surface area contributed by atoms with E-state index in [1.807, 2.05) is 72.5 Å². The van der Waals surface area contributed by atoms with E-state index in [0.717, 1.165) is 22.3 Å². The molecule has 42 heavy (non-hydrogen) atoms. The first-order valence-corrected chi connectivity index (χ1v) is 14.0. The predicted octanol–water partition coefficient (Wildman–Crippen LogP) is 5.80. The van der Waals surface area contributed by atoms with E-state index in [1.165, 1.54) is 12.1 Å². The average Bonchev–Trinajstić information content (AvgIpc) is 3.00. The second-order valence-electron chi connectivity index (χ2n) is 10.5. The molecule has 0 radical (unpaired) electrons. The van der Waals surface area contributed by atoms with Crippen molar-refractivity contribution in [2.24, 2.45) is 0 Å². The smallest absolute Gasteiger partial charge is 0.255 e. The van der Waals surface area contributed by atoms with Crippen LogP contribution in [0.15, 0.2) is 78.9 Å². The number of benzene rings is 4. The number of phenolic OH excluding ortho intramolecular Hbond substituents is 1. The number of fused-ring (bicyclic) bond motifs is 6. The number of rotatable bonds is 2. The predicted molar refractivity (Wildman–Crippen MR) is 158 cm³/mol. The normalized spacial score (nSPS) is 16.4. The van der Waals surface area contributed by atoms with Gasteiger partial charge in [0.25, 0.3) is 11.8 Å². The van der Waals surface area contributed by atoms with Crippen LogP contribution in [0.2, 0.25) is 0 Å². The van der Waals surface area contributed by atoms with Gasteiger partial charge in [-0.2, -0.15) is 0 Å². The molecule has 0 saturated heterocycles. The summed E-state index contributed by atoms with van der Waals surface area (Å²) >= 11 is 0. The van der Waals surface area contributed by atoms with Gasteiger partial charge in [0.15, 0.2) is 11.5 Å². The number of hydrogen-bond acceptors (Lipinski definition) is 6. The van der Waals surface area contributed by atoms with Crippen LogP contribution in [0.3, 0.4) is 0 Å². The quantitative estimate of drug-likeness (QED) is 0.319. The van der Waals surface area contributed by atoms with Crippen molar-refractivity contribution in [1.29, 1.82) is 0 Å². The van der Waals surface area contributed by atoms with Gasteiger partial charge in [-0.3, -0.25) is 9.59 Å². The third-order valence-electron chi connectivity index (χ3n) is 7.67. The van der Waals surface area contributed by atoms with Crippen LogP contribution in [-0.2, 0) is 6.42 Å². The summed E-state index contributed by atoms with van der Waals surface area (Å²) in [6, 6.07) is 23.5. The van der Waals surface area contributed by atoms with Crippen molar-refractivity contribution in [2.45, 2.75) is 25.8 Å². The van der Waals surface area contributed by atoms with Crippen LogP contribution in [0.4, 0.5) is 0 Å². The third kappa shape index (κ3) is 5.35. The average molecular weight is 565 g/mol. The number of phenols is 1. The number of carbonyl (C=O) groups excluding carboxylic acids is 2. The van der Waals surface area contributed by atoms with E-state index >= 15 is 0 Å². The zero-order chi connectivity index (χ0) is 29.2. The maximum Gasteiger partial charge on any atom is 0.255 e. The van der Waals surface area contributed by atoms with E-state index in [1.54, 1.807) is 13.2 Å². The van der Waals surface area contributed by atoms with E-state index in [2.05, 4.69) is 5.32 Å². The number of amides is 2. The van der Waals surface area contributed by atoms with Gasteiger partial charge >= 0.3 is 0 Å². The van der Waals surface area contributed by atoms with E-state index in [0.29, 0.717) is 61.1 Å². The molecule has 4 aromatic carbocycles. The maximum atomic E-state index is 14.0. The van der Waals surface area contributed by atoms with Gasteiger partial charge in [-0.05, 0) is 91.1 Å². The minimum Gasteiger partial charge on any atom is -0.507 e. The van der Waals surface area contributed by atoms with Crippen molar-refractivity contribution >= 4 is 11.8 Å². The highest BCUT2D eigenvalue weighted by molar-refractivity contribution is 5.97. The molecule has 1 atom stereocenters. The SMILES string of the molecule is COc1cc2c3cc1Oc1ccc(O)c(c1)C(=O)NCCCOc1cccc(c1)C2N(C(=O)c1cccc(C)c1)CC3. The summed E-state index contributed by atoms with van der Waals surface area (Å²) in [7, 11) is 1.57. The van der Waals surface area contributed by atoms with Crippen LogP contribution in [0.5, 0.6) is 28.7 Å². The minimum atomic E-state index is -0.403. The number of aromatic hydroxyl groups is 1. The lowest BCUT2D eigenvalue weighted by Gasteiger charge is -2.38. The van der Waals surface area contributed by atoms with Gasteiger partial charge in [-0.15, -0.1) is 0 Å². The van der Waals surface area contributed by atoms with E-state index in [4.69, 9.17) is 14.2 Å². The fourth-order valence-electron chi connectivity index (χ4n) is 5.61. The van der Waals surface area contributed by atoms with Crippen LogP contribution in [0.1, 0.15) is 55.4 Å². The lowest BCUT2D eigenvalue weighted by molar-refractivity contribution is 0.0693. The molecule has 2 amide bonds. The molecule has 1 unspecified atom stereocenters. The molecule has 4 aromatic rings. The molecule has 0 saturated carbocycles. The highest BCUT2D eigenvalue weighted by Crippen LogP contribution is 2.43. The van der Waals surface area contributed by atoms with E-state index in [-0.39, 0.29) is 23.3 Å². The third-order valence-corrected chi connectivity index (χ3v) is 7.67. The standard InChI is InChI=1S/C34H32N2O6/c1-21-6-3-8-24(16-21)34(39)36-14-12-22-18-31-30(40-2)20-27(22)32(36)23-7-4-9-25(17-23)41-15-5-13-35-33(38)28-19-26(42-31)10-11-29(28)37/h3-4,6-11,16-20,32,37H,5,12-15H2,1-2H3,(H,35,38). The summed E-state index contributed by atoms with van der Waals surface area (Å²) in [5.74, 6) is 1.43. The van der Waals surface area contributed by atoms with Crippen LogP contribution >= 0.6 is 0 Å². The van der Waals surface area contributed by atoms with Crippen molar-refractivity contribution in [2.75, 3.05) is 26.8 Å². The molecular weight excluding hydrogens is 532 g/mol. The number of nitrogens with zero attached hydrogens (tertiary/aromatic N) is 1. The summed E-state index contributed by atoms with van der Waals surface area (Å²) in [5.41, 5.74) is 4.66. The van der Waals surface area contributed by atoms with Gasteiger partial charge in [-0.1, -0.05) is 29.8 Å². The first-order valence-electron chi connectivity index (χ1n) is 14.0. The lowest BCUT2D eigenvalue weighted by Crippen LogP contribution is -2.40. The summed E-state index contributed by atoms with van der Waals surface area (Å²) in [6.07, 6.45) is 1.18. The highest BCUT2D eigenvalue weighted by atomic mass is 16.5. The Hall–Kier alpha value is -4.98. The van der Waals surface area contributed by atoms with Crippen LogP contribution < -0.4 is 19.5 Å². The molecule has 0 fully saturated rings. The van der Waals surface area contributed by atoms with E-state index in [9.17, 15) is 14.7 Å². The van der Waals surface area contributed by atoms with Crippen molar-refractivity contribution in [1.82, 2.24) is 10.2 Å². The Kier molecular flexibility index (Phi) is 7.44. The molecule has 0 aliphatic carbocycles. The number of ether oxygens (including phenoxy) is 3. The molecule has 2 N–H and O–H groups in total. The van der Waals surface area contributed by atoms with Crippen molar-refractivity contribution in [3.63, 3.8) is 0 Å². The van der Waals surface area contributed by atoms with Crippen LogP contribution in [0.25, 0.3) is 0 Å². The number of aryl methyl sites for hydroxylation is 1. The van der Waals surface area contributed by atoms with Gasteiger partial charge in [-0.25, -0.2) is 0 Å². The Labute approximate surface area is 244 Å². The molecular formula is C34H32N2O6. The largest absolute Gasteiger partial charge is 0.507 e. The maximum absolute atomic E-state index is 14.0. The number of hydrogen-bond donors (Lipinski definition) is 2. The zero-order valence-corrected chi connectivity index (χ0v) is 23.6. The topological polar surface area (TPSA) is 97.3 Å². The number of carbonyl (C=O) groups is 2. The fourth-order valence-corrected chi connectivity index (χ4v) is 5.61. The zero-order valence-electron chi connectivity index (χ0n) is 23.6. The van der Waals surface area contributed by atoms with Crippen molar-refractivity contribution < 1.29 is 28.9 Å². The Morgan fingerprint density at radius 2 is 1.88 bits per heavy atom. The van der Waals surface area contributed by atoms with Crippen LogP contribution in [0, 0.1) is 6.92 Å². The summed E-state index contributed by atoms with van der Waals surface area (Å²) in [6.45, 7) is 3.23. The fraction of sp³-hybridized carbons (Fsp3) is 0.235. The molecule has 8 heteroatoms. The van der Waals surface area contributed by atoms with Crippen molar-refractivity contribution in [3.8, 4) is 28.7 Å². The van der Waals surface area contributed by atoms with Gasteiger partial charge < -0.3 is 29.5 Å². The summed E-state index contributed by atoms with van der Waals surface area (Å²) in [4.78, 5) is 28.7. The van der Waals surface area contributed by atoms with Crippen molar-refractivity contribution in [3.05, 3.63) is 112 Å². The van der Waals surface area contributed by atoms with Gasteiger partial charge in [0.2, 0.25) is 0 Å². The molecule has 0 aromatic heterocycles. The van der Waals surface area contributed by atoms with Crippen LogP contribution in [-0.4, -0.2) is 48.6 Å². The number of nitrogens with one attached hydrogen (secondary N) is 1. The molecule has 214 valence electrons. The minimum absolute atomic E-state index is 0.0468. The van der Waals surface area contributed by atoms with Gasteiger partial charge in [0.05, 0.1) is 25.3 Å². The Morgan fingerprint density at radius 1 is 1.02 bits per heavy atom.